The molecule has 80 valence electrons. The molecule has 2 N–H and O–H groups in total. The maximum Gasteiger partial charge on any atom is 0.0424 e. The minimum Gasteiger partial charge on any atom is -0.268 e. The molecule has 2 rings (SSSR count). The Morgan fingerprint density at radius 3 is 2.43 bits per heavy atom. The lowest BCUT2D eigenvalue weighted by molar-refractivity contribution is 0.119. The van der Waals surface area contributed by atoms with E-state index in [2.05, 4.69) is 17.2 Å². The first-order valence-electron chi connectivity index (χ1n) is 6.07. The lowest BCUT2D eigenvalue weighted by Crippen LogP contribution is -2.48. The molecule has 0 aromatic carbocycles. The van der Waals surface area contributed by atoms with Crippen LogP contribution in [0.15, 0.2) is 12.2 Å². The highest BCUT2D eigenvalue weighted by molar-refractivity contribution is 4.98. The van der Waals surface area contributed by atoms with Crippen LogP contribution in [0.5, 0.6) is 0 Å². The molecule has 1 saturated carbocycles. The van der Waals surface area contributed by atoms with Gasteiger partial charge in [-0.1, -0.05) is 31.4 Å². The normalized spacial score (nSPS) is 29.7. The largest absolute Gasteiger partial charge is 0.268 e. The Balaban J connectivity index is 1.88. The highest BCUT2D eigenvalue weighted by atomic mass is 15.4. The molecule has 0 aromatic heterocycles. The Hall–Kier alpha value is -0.340. The van der Waals surface area contributed by atoms with Gasteiger partial charge in [0.05, 0.1) is 0 Å². The van der Waals surface area contributed by atoms with Crippen LogP contribution in [-0.4, -0.2) is 17.1 Å². The van der Waals surface area contributed by atoms with E-state index < -0.39 is 0 Å². The fraction of sp³-hybridized carbons (Fsp3) is 0.833. The Kier molecular flexibility index (Phi) is 3.60. The molecule has 0 radical (unpaired) electrons. The molecule has 2 aliphatic rings. The van der Waals surface area contributed by atoms with Crippen LogP contribution in [0.1, 0.15) is 51.4 Å². The quantitative estimate of drug-likeness (QED) is 0.416. The summed E-state index contributed by atoms with van der Waals surface area (Å²) in [6.45, 7) is 0. The first kappa shape index (κ1) is 10.2. The molecule has 0 heterocycles. The summed E-state index contributed by atoms with van der Waals surface area (Å²) in [5, 5.41) is 2.13. The first-order valence-corrected chi connectivity index (χ1v) is 6.07. The Morgan fingerprint density at radius 1 is 1.00 bits per heavy atom. The van der Waals surface area contributed by atoms with Gasteiger partial charge in [0.2, 0.25) is 0 Å². The third-order valence-corrected chi connectivity index (χ3v) is 3.61. The maximum absolute atomic E-state index is 6.21. The van der Waals surface area contributed by atoms with Crippen molar-refractivity contribution in [1.82, 2.24) is 5.01 Å². The third-order valence-electron chi connectivity index (χ3n) is 3.61. The molecule has 14 heavy (non-hydrogen) atoms. The molecule has 2 heteroatoms. The van der Waals surface area contributed by atoms with E-state index in [1.807, 2.05) is 0 Å². The van der Waals surface area contributed by atoms with E-state index in [9.17, 15) is 0 Å². The van der Waals surface area contributed by atoms with Gasteiger partial charge in [-0.15, -0.1) is 0 Å². The van der Waals surface area contributed by atoms with Crippen molar-refractivity contribution in [2.45, 2.75) is 63.5 Å². The number of nitrogens with zero attached hydrogens (tertiary/aromatic N) is 1. The number of hydrogen-bond acceptors (Lipinski definition) is 2. The van der Waals surface area contributed by atoms with E-state index in [4.69, 9.17) is 5.84 Å². The number of allylic oxidation sites excluding steroid dienone is 1. The van der Waals surface area contributed by atoms with Crippen LogP contribution in [0.3, 0.4) is 0 Å². The first-order chi connectivity index (χ1) is 6.88. The summed E-state index contributed by atoms with van der Waals surface area (Å²) in [7, 11) is 0. The van der Waals surface area contributed by atoms with Crippen LogP contribution in [0.4, 0.5) is 0 Å². The minimum absolute atomic E-state index is 0.520. The average molecular weight is 194 g/mol. The highest BCUT2D eigenvalue weighted by Gasteiger charge is 2.24. The molecule has 1 fully saturated rings. The van der Waals surface area contributed by atoms with E-state index in [0.29, 0.717) is 12.1 Å². The molecule has 0 saturated heterocycles. The molecule has 1 atom stereocenters. The van der Waals surface area contributed by atoms with Gasteiger partial charge >= 0.3 is 0 Å². The number of nitrogens with two attached hydrogens (primary N) is 1. The Morgan fingerprint density at radius 2 is 1.79 bits per heavy atom. The van der Waals surface area contributed by atoms with Gasteiger partial charge < -0.3 is 0 Å². The molecule has 0 bridgehead atoms. The van der Waals surface area contributed by atoms with E-state index in [1.165, 1.54) is 51.4 Å². The monoisotopic (exact) mass is 194 g/mol. The summed E-state index contributed by atoms with van der Waals surface area (Å²) in [6, 6.07) is 1.17. The van der Waals surface area contributed by atoms with Crippen LogP contribution in [0.25, 0.3) is 0 Å². The van der Waals surface area contributed by atoms with Crippen molar-refractivity contribution in [2.24, 2.45) is 5.84 Å². The van der Waals surface area contributed by atoms with Gasteiger partial charge in [0.15, 0.2) is 0 Å². The SMILES string of the molecule is NN(C1C=CCCC1)C1CCCCC1. The topological polar surface area (TPSA) is 29.3 Å². The summed E-state index contributed by atoms with van der Waals surface area (Å²) < 4.78 is 0. The number of hydrazine groups is 1. The van der Waals surface area contributed by atoms with Gasteiger partial charge in [-0.2, -0.15) is 0 Å². The van der Waals surface area contributed by atoms with E-state index in [0.717, 1.165) is 0 Å². The molecule has 1 unspecified atom stereocenters. The smallest absolute Gasteiger partial charge is 0.0424 e. The lowest BCUT2D eigenvalue weighted by atomic mass is 9.92. The van der Waals surface area contributed by atoms with Gasteiger partial charge in [-0.3, -0.25) is 5.84 Å². The van der Waals surface area contributed by atoms with Crippen LogP contribution in [-0.2, 0) is 0 Å². The summed E-state index contributed by atoms with van der Waals surface area (Å²) in [5.74, 6) is 6.21. The van der Waals surface area contributed by atoms with Gasteiger partial charge in [0, 0.05) is 12.1 Å². The van der Waals surface area contributed by atoms with E-state index in [-0.39, 0.29) is 0 Å². The third kappa shape index (κ3) is 2.37. The summed E-state index contributed by atoms with van der Waals surface area (Å²) >= 11 is 0. The average Bonchev–Trinajstić information content (AvgIpc) is 2.30. The standard InChI is InChI=1S/C12H22N2/c13-14(11-7-3-1-4-8-11)12-9-5-2-6-10-12/h3,7,11-12H,1-2,4-6,8-10,13H2. The zero-order chi connectivity index (χ0) is 9.80. The molecule has 2 aliphatic carbocycles. The molecular formula is C12H22N2. The fourth-order valence-electron chi connectivity index (χ4n) is 2.69. The second kappa shape index (κ2) is 4.94. The maximum atomic E-state index is 6.21. The molecule has 0 spiro atoms. The molecule has 0 aromatic rings. The molecule has 0 aliphatic heterocycles. The molecule has 2 nitrogen and oxygen atoms in total. The number of hydrogen-bond donors (Lipinski definition) is 1. The predicted molar refractivity (Wildman–Crippen MR) is 59.7 cm³/mol. The van der Waals surface area contributed by atoms with Crippen LogP contribution >= 0.6 is 0 Å². The van der Waals surface area contributed by atoms with Crippen molar-refractivity contribution in [2.75, 3.05) is 0 Å². The predicted octanol–water partition coefficient (Wildman–Crippen LogP) is 2.60. The zero-order valence-corrected chi connectivity index (χ0v) is 8.99. The van der Waals surface area contributed by atoms with Crippen LogP contribution in [0, 0.1) is 0 Å². The van der Waals surface area contributed by atoms with Crippen molar-refractivity contribution in [3.8, 4) is 0 Å². The van der Waals surface area contributed by atoms with E-state index in [1.54, 1.807) is 0 Å². The minimum atomic E-state index is 0.520. The second-order valence-corrected chi connectivity index (χ2v) is 4.67. The Bertz CT molecular complexity index is 194. The van der Waals surface area contributed by atoms with Crippen molar-refractivity contribution < 1.29 is 0 Å². The van der Waals surface area contributed by atoms with Gasteiger partial charge in [0.1, 0.15) is 0 Å². The summed E-state index contributed by atoms with van der Waals surface area (Å²) in [6.07, 6.45) is 15.2. The Labute approximate surface area is 87.1 Å². The molecular weight excluding hydrogens is 172 g/mol. The van der Waals surface area contributed by atoms with Crippen molar-refractivity contribution in [3.63, 3.8) is 0 Å². The van der Waals surface area contributed by atoms with Gasteiger partial charge in [0.25, 0.3) is 0 Å². The fourth-order valence-corrected chi connectivity index (χ4v) is 2.69. The molecule has 0 amide bonds. The summed E-state index contributed by atoms with van der Waals surface area (Å²) in [5.41, 5.74) is 0. The zero-order valence-electron chi connectivity index (χ0n) is 8.99. The van der Waals surface area contributed by atoms with Crippen LogP contribution < -0.4 is 5.84 Å². The van der Waals surface area contributed by atoms with E-state index >= 15 is 0 Å². The summed E-state index contributed by atoms with van der Waals surface area (Å²) in [4.78, 5) is 0. The van der Waals surface area contributed by atoms with Crippen LogP contribution in [0.2, 0.25) is 0 Å². The highest BCUT2D eigenvalue weighted by Crippen LogP contribution is 2.24. The van der Waals surface area contributed by atoms with Crippen molar-refractivity contribution in [3.05, 3.63) is 12.2 Å². The van der Waals surface area contributed by atoms with Gasteiger partial charge in [-0.25, -0.2) is 5.01 Å². The second-order valence-electron chi connectivity index (χ2n) is 4.67. The number of rotatable bonds is 2. The van der Waals surface area contributed by atoms with Crippen molar-refractivity contribution >= 4 is 0 Å². The van der Waals surface area contributed by atoms with Crippen molar-refractivity contribution in [1.29, 1.82) is 0 Å². The van der Waals surface area contributed by atoms with Gasteiger partial charge in [-0.05, 0) is 32.1 Å². The lowest BCUT2D eigenvalue weighted by Gasteiger charge is -2.36.